The largest absolute Gasteiger partial charge is 0.411 e. The highest BCUT2D eigenvalue weighted by atomic mass is 32.2. The summed E-state index contributed by atoms with van der Waals surface area (Å²) in [5, 5.41) is 20.2. The van der Waals surface area contributed by atoms with Gasteiger partial charge in [-0.05, 0) is 31.9 Å². The summed E-state index contributed by atoms with van der Waals surface area (Å²) in [5.41, 5.74) is 1.09. The van der Waals surface area contributed by atoms with Gasteiger partial charge < -0.3 is 9.73 Å². The maximum Gasteiger partial charge on any atom is 0.277 e. The minimum atomic E-state index is -0.889. The number of nitriles is 1. The summed E-state index contributed by atoms with van der Waals surface area (Å²) in [4.78, 5) is 12.0. The van der Waals surface area contributed by atoms with Gasteiger partial charge in [0.1, 0.15) is 5.54 Å². The molecule has 0 spiro atoms. The number of thioether (sulfide) groups is 1. The van der Waals surface area contributed by atoms with Crippen molar-refractivity contribution < 1.29 is 9.21 Å². The van der Waals surface area contributed by atoms with E-state index in [4.69, 9.17) is 4.42 Å². The fourth-order valence-corrected chi connectivity index (χ4v) is 2.40. The van der Waals surface area contributed by atoms with Crippen molar-refractivity contribution in [1.29, 1.82) is 5.26 Å². The Balaban J connectivity index is 1.95. The predicted molar refractivity (Wildman–Crippen MR) is 92.2 cm³/mol. The molecule has 0 saturated carbocycles. The van der Waals surface area contributed by atoms with E-state index in [1.165, 1.54) is 0 Å². The number of carbonyl (C=O) groups is 1. The van der Waals surface area contributed by atoms with E-state index in [1.54, 1.807) is 6.92 Å². The highest BCUT2D eigenvalue weighted by Crippen LogP contribution is 2.23. The average molecular weight is 344 g/mol. The van der Waals surface area contributed by atoms with E-state index in [0.29, 0.717) is 11.1 Å². The minimum Gasteiger partial charge on any atom is -0.411 e. The summed E-state index contributed by atoms with van der Waals surface area (Å²) in [6, 6.07) is 9.89. The van der Waals surface area contributed by atoms with Crippen molar-refractivity contribution in [2.75, 3.05) is 5.75 Å². The zero-order chi connectivity index (χ0) is 17.7. The second-order valence-corrected chi connectivity index (χ2v) is 6.97. The molecule has 0 bridgehead atoms. The van der Waals surface area contributed by atoms with Gasteiger partial charge in [0, 0.05) is 5.56 Å². The summed E-state index contributed by atoms with van der Waals surface area (Å²) in [7, 11) is 0. The molecule has 0 radical (unpaired) electrons. The number of amides is 1. The van der Waals surface area contributed by atoms with Crippen molar-refractivity contribution >= 4 is 17.7 Å². The molecule has 2 aromatic rings. The Hall–Kier alpha value is -2.33. The molecule has 1 amide bonds. The smallest absolute Gasteiger partial charge is 0.277 e. The van der Waals surface area contributed by atoms with E-state index in [1.807, 2.05) is 45.0 Å². The number of rotatable bonds is 6. The first-order valence-corrected chi connectivity index (χ1v) is 8.58. The molecule has 0 aliphatic carbocycles. The van der Waals surface area contributed by atoms with E-state index in [0.717, 1.165) is 22.9 Å². The van der Waals surface area contributed by atoms with E-state index in [-0.39, 0.29) is 17.6 Å². The number of hydrogen-bond acceptors (Lipinski definition) is 6. The molecule has 1 aromatic carbocycles. The third-order valence-corrected chi connectivity index (χ3v) is 4.64. The normalized spacial score (nSPS) is 13.3. The van der Waals surface area contributed by atoms with Crippen LogP contribution in [0.4, 0.5) is 0 Å². The van der Waals surface area contributed by atoms with Crippen LogP contribution in [0.1, 0.15) is 26.3 Å². The molecule has 0 saturated heterocycles. The van der Waals surface area contributed by atoms with Gasteiger partial charge in [0.25, 0.3) is 5.22 Å². The SMILES string of the molecule is Cc1ccc(-c2nnc(SCC(=O)N[C@](C)(C#N)C(C)C)o2)cc1. The van der Waals surface area contributed by atoms with Crippen LogP contribution in [0.5, 0.6) is 0 Å². The molecule has 0 aliphatic rings. The summed E-state index contributed by atoms with van der Waals surface area (Å²) >= 11 is 1.15. The first-order valence-electron chi connectivity index (χ1n) is 7.59. The number of nitrogens with one attached hydrogen (secondary N) is 1. The average Bonchev–Trinajstić information content (AvgIpc) is 3.02. The Morgan fingerprint density at radius 2 is 2.04 bits per heavy atom. The fraction of sp³-hybridized carbons (Fsp3) is 0.412. The lowest BCUT2D eigenvalue weighted by atomic mass is 9.90. The van der Waals surface area contributed by atoms with Crippen molar-refractivity contribution in [3.8, 4) is 17.5 Å². The molecule has 0 fully saturated rings. The molecule has 6 nitrogen and oxygen atoms in total. The van der Waals surface area contributed by atoms with Gasteiger partial charge in [-0.2, -0.15) is 5.26 Å². The molecule has 2 rings (SSSR count). The number of carbonyl (C=O) groups excluding carboxylic acids is 1. The Bertz CT molecular complexity index is 749. The zero-order valence-corrected chi connectivity index (χ0v) is 15.0. The maximum atomic E-state index is 12.0. The molecular weight excluding hydrogens is 324 g/mol. The second kappa shape index (κ2) is 7.49. The summed E-state index contributed by atoms with van der Waals surface area (Å²) < 4.78 is 5.56. The standard InChI is InChI=1S/C17H20N4O2S/c1-11(2)17(4,10-18)19-14(22)9-24-16-21-20-15(23-16)13-7-5-12(3)6-8-13/h5-8,11H,9H2,1-4H3,(H,19,22)/t17-/m1/s1. The van der Waals surface area contributed by atoms with Gasteiger partial charge in [0.05, 0.1) is 11.8 Å². The van der Waals surface area contributed by atoms with Crippen molar-refractivity contribution in [3.63, 3.8) is 0 Å². The number of benzene rings is 1. The van der Waals surface area contributed by atoms with Gasteiger partial charge in [-0.25, -0.2) is 0 Å². The van der Waals surface area contributed by atoms with Gasteiger partial charge in [-0.3, -0.25) is 4.79 Å². The molecule has 126 valence electrons. The maximum absolute atomic E-state index is 12.0. The minimum absolute atomic E-state index is 0.00740. The molecular formula is C17H20N4O2S. The summed E-state index contributed by atoms with van der Waals surface area (Å²) in [6.45, 7) is 7.50. The third kappa shape index (κ3) is 4.36. The van der Waals surface area contributed by atoms with E-state index in [2.05, 4.69) is 21.6 Å². The number of hydrogen-bond donors (Lipinski definition) is 1. The zero-order valence-electron chi connectivity index (χ0n) is 14.2. The van der Waals surface area contributed by atoms with Crippen LogP contribution in [-0.4, -0.2) is 27.4 Å². The Labute approximate surface area is 145 Å². The molecule has 1 aromatic heterocycles. The molecule has 1 N–H and O–H groups in total. The lowest BCUT2D eigenvalue weighted by molar-refractivity contribution is -0.120. The number of nitrogens with zero attached hydrogens (tertiary/aromatic N) is 3. The van der Waals surface area contributed by atoms with Crippen LogP contribution in [0.2, 0.25) is 0 Å². The lowest BCUT2D eigenvalue weighted by Crippen LogP contribution is -2.49. The van der Waals surface area contributed by atoms with Crippen LogP contribution >= 0.6 is 11.8 Å². The lowest BCUT2D eigenvalue weighted by Gasteiger charge is -2.27. The van der Waals surface area contributed by atoms with Crippen LogP contribution in [0.15, 0.2) is 33.9 Å². The molecule has 1 heterocycles. The Morgan fingerprint density at radius 1 is 1.38 bits per heavy atom. The Kier molecular flexibility index (Phi) is 5.62. The van der Waals surface area contributed by atoms with Gasteiger partial charge in [-0.1, -0.05) is 43.3 Å². The van der Waals surface area contributed by atoms with Crippen molar-refractivity contribution in [2.24, 2.45) is 5.92 Å². The van der Waals surface area contributed by atoms with Crippen LogP contribution < -0.4 is 5.32 Å². The first kappa shape index (κ1) is 18.0. The molecule has 0 aliphatic heterocycles. The van der Waals surface area contributed by atoms with Crippen molar-refractivity contribution in [2.45, 2.75) is 38.5 Å². The van der Waals surface area contributed by atoms with Crippen LogP contribution in [0.3, 0.4) is 0 Å². The molecule has 1 atom stereocenters. The van der Waals surface area contributed by atoms with Crippen LogP contribution in [0, 0.1) is 24.2 Å². The predicted octanol–water partition coefficient (Wildman–Crippen LogP) is 3.19. The van der Waals surface area contributed by atoms with Gasteiger partial charge in [0.2, 0.25) is 11.8 Å². The summed E-state index contributed by atoms with van der Waals surface area (Å²) in [6.07, 6.45) is 0. The molecule has 24 heavy (non-hydrogen) atoms. The van der Waals surface area contributed by atoms with E-state index in [9.17, 15) is 10.1 Å². The van der Waals surface area contributed by atoms with Crippen LogP contribution in [-0.2, 0) is 4.79 Å². The quantitative estimate of drug-likeness (QED) is 0.809. The second-order valence-electron chi connectivity index (χ2n) is 6.04. The molecule has 0 unspecified atom stereocenters. The fourth-order valence-electron chi connectivity index (χ4n) is 1.84. The van der Waals surface area contributed by atoms with Crippen molar-refractivity contribution in [3.05, 3.63) is 29.8 Å². The molecule has 7 heteroatoms. The Morgan fingerprint density at radius 3 is 2.62 bits per heavy atom. The summed E-state index contributed by atoms with van der Waals surface area (Å²) in [5.74, 6) is 0.294. The van der Waals surface area contributed by atoms with E-state index >= 15 is 0 Å². The highest BCUT2D eigenvalue weighted by molar-refractivity contribution is 7.99. The number of aryl methyl sites for hydroxylation is 1. The van der Waals surface area contributed by atoms with E-state index < -0.39 is 5.54 Å². The van der Waals surface area contributed by atoms with Gasteiger partial charge >= 0.3 is 0 Å². The van der Waals surface area contributed by atoms with Crippen LogP contribution in [0.25, 0.3) is 11.5 Å². The monoisotopic (exact) mass is 344 g/mol. The van der Waals surface area contributed by atoms with Gasteiger partial charge in [-0.15, -0.1) is 10.2 Å². The first-order chi connectivity index (χ1) is 11.3. The number of aromatic nitrogens is 2. The van der Waals surface area contributed by atoms with Crippen molar-refractivity contribution in [1.82, 2.24) is 15.5 Å². The topological polar surface area (TPSA) is 91.8 Å². The third-order valence-electron chi connectivity index (χ3n) is 3.82. The van der Waals surface area contributed by atoms with Gasteiger partial charge in [0.15, 0.2) is 0 Å². The highest BCUT2D eigenvalue weighted by Gasteiger charge is 2.30.